The van der Waals surface area contributed by atoms with Gasteiger partial charge in [0.25, 0.3) is 0 Å². The number of benzene rings is 1. The summed E-state index contributed by atoms with van der Waals surface area (Å²) in [7, 11) is 0. The van der Waals surface area contributed by atoms with E-state index in [4.69, 9.17) is 4.74 Å². The maximum Gasteiger partial charge on any atom is 0.231 e. The Labute approximate surface area is 153 Å². The first-order valence-electron chi connectivity index (χ1n) is 8.77. The molecule has 3 atom stereocenters. The van der Waals surface area contributed by atoms with Gasteiger partial charge in [-0.25, -0.2) is 4.98 Å². The average Bonchev–Trinajstić information content (AvgIpc) is 2.95. The maximum absolute atomic E-state index is 12.2. The van der Waals surface area contributed by atoms with Crippen molar-refractivity contribution in [2.45, 2.75) is 45.9 Å². The summed E-state index contributed by atoms with van der Waals surface area (Å²) in [5, 5.41) is 5.87. The van der Waals surface area contributed by atoms with Crippen LogP contribution in [0.2, 0.25) is 0 Å². The third-order valence-corrected chi connectivity index (χ3v) is 5.19. The Morgan fingerprint density at radius 1 is 1.28 bits per heavy atom. The van der Waals surface area contributed by atoms with Crippen LogP contribution in [-0.4, -0.2) is 36.2 Å². The minimum atomic E-state index is -0.0225. The van der Waals surface area contributed by atoms with Crippen molar-refractivity contribution < 1.29 is 14.4 Å². The lowest BCUT2D eigenvalue weighted by Crippen LogP contribution is -3.14. The highest BCUT2D eigenvalue weighted by atomic mass is 32.1. The molecule has 2 aromatic rings. The molecule has 0 saturated carbocycles. The van der Waals surface area contributed by atoms with Crippen molar-refractivity contribution in [3.63, 3.8) is 0 Å². The van der Waals surface area contributed by atoms with E-state index in [1.807, 2.05) is 31.2 Å². The number of ether oxygens (including phenoxy) is 1. The van der Waals surface area contributed by atoms with Crippen molar-refractivity contribution in [1.82, 2.24) is 4.98 Å². The second-order valence-electron chi connectivity index (χ2n) is 6.92. The summed E-state index contributed by atoms with van der Waals surface area (Å²) < 4.78 is 5.78. The molecule has 25 heavy (non-hydrogen) atoms. The van der Waals surface area contributed by atoms with Crippen molar-refractivity contribution in [1.29, 1.82) is 0 Å². The van der Waals surface area contributed by atoms with E-state index in [9.17, 15) is 4.79 Å². The average molecular weight is 361 g/mol. The fourth-order valence-electron chi connectivity index (χ4n) is 3.28. The van der Waals surface area contributed by atoms with Gasteiger partial charge >= 0.3 is 0 Å². The third-order valence-electron chi connectivity index (χ3n) is 4.29. The van der Waals surface area contributed by atoms with Gasteiger partial charge in [0.05, 0.1) is 6.42 Å². The van der Waals surface area contributed by atoms with E-state index in [1.54, 1.807) is 11.3 Å². The lowest BCUT2D eigenvalue weighted by Gasteiger charge is -2.31. The second-order valence-corrected chi connectivity index (χ2v) is 7.86. The number of carbonyl (C=O) groups excluding carboxylic acids is 1. The molecule has 134 valence electrons. The number of hydrogen-bond acceptors (Lipinski definition) is 4. The monoisotopic (exact) mass is 360 g/mol. The summed E-state index contributed by atoms with van der Waals surface area (Å²) in [6.45, 7) is 9.18. The first-order valence-corrected chi connectivity index (χ1v) is 9.64. The molecule has 0 aliphatic carbocycles. The predicted octanol–water partition coefficient (Wildman–Crippen LogP) is 1.82. The van der Waals surface area contributed by atoms with Gasteiger partial charge in [-0.3, -0.25) is 4.79 Å². The zero-order chi connectivity index (χ0) is 17.8. The van der Waals surface area contributed by atoms with Crippen LogP contribution in [0.1, 0.15) is 30.1 Å². The Hall–Kier alpha value is -1.76. The standard InChI is InChI=1S/C19H25N3O2S/c1-13-4-6-16(7-5-13)20-18(23)8-19-21-17(12-25-19)11-22-9-14(2)24-15(3)10-22/h4-7,12,14-15H,8-11H2,1-3H3,(H,20,23)/p+1/t14-,15+. The molecule has 1 amide bonds. The molecule has 1 saturated heterocycles. The van der Waals surface area contributed by atoms with Crippen LogP contribution in [0.5, 0.6) is 0 Å². The van der Waals surface area contributed by atoms with Gasteiger partial charge in [-0.1, -0.05) is 17.7 Å². The molecule has 1 aliphatic rings. The van der Waals surface area contributed by atoms with Crippen molar-refractivity contribution >= 4 is 22.9 Å². The topological polar surface area (TPSA) is 55.7 Å². The molecule has 1 aromatic heterocycles. The number of quaternary nitrogens is 1. The fraction of sp³-hybridized carbons (Fsp3) is 0.474. The van der Waals surface area contributed by atoms with E-state index < -0.39 is 0 Å². The van der Waals surface area contributed by atoms with Gasteiger partial charge < -0.3 is 15.0 Å². The number of thiazole rings is 1. The van der Waals surface area contributed by atoms with Gasteiger partial charge in [-0.15, -0.1) is 11.3 Å². The Kier molecular flexibility index (Phi) is 5.83. The largest absolute Gasteiger partial charge is 0.364 e. The number of hydrogen-bond donors (Lipinski definition) is 2. The molecular formula is C19H26N3O2S+. The number of nitrogens with one attached hydrogen (secondary N) is 2. The predicted molar refractivity (Wildman–Crippen MR) is 100 cm³/mol. The number of rotatable bonds is 5. The molecule has 2 heterocycles. The van der Waals surface area contributed by atoms with Gasteiger partial charge in [-0.2, -0.15) is 0 Å². The normalized spacial score (nSPS) is 23.4. The Morgan fingerprint density at radius 2 is 1.96 bits per heavy atom. The fourth-order valence-corrected chi connectivity index (χ4v) is 4.07. The minimum Gasteiger partial charge on any atom is -0.364 e. The van der Waals surface area contributed by atoms with Crippen LogP contribution in [-0.2, 0) is 22.5 Å². The van der Waals surface area contributed by atoms with Gasteiger partial charge in [-0.05, 0) is 32.9 Å². The van der Waals surface area contributed by atoms with Crippen molar-refractivity contribution in [3.8, 4) is 0 Å². The Balaban J connectivity index is 1.52. The molecule has 5 nitrogen and oxygen atoms in total. The van der Waals surface area contributed by atoms with Crippen LogP contribution >= 0.6 is 11.3 Å². The molecule has 2 N–H and O–H groups in total. The molecule has 0 radical (unpaired) electrons. The van der Waals surface area contributed by atoms with Crippen LogP contribution in [0.4, 0.5) is 5.69 Å². The molecule has 1 aliphatic heterocycles. The van der Waals surface area contributed by atoms with E-state index >= 15 is 0 Å². The summed E-state index contributed by atoms with van der Waals surface area (Å²) in [6.07, 6.45) is 0.901. The second kappa shape index (κ2) is 8.08. The number of aromatic nitrogens is 1. The zero-order valence-electron chi connectivity index (χ0n) is 15.0. The molecule has 1 aromatic carbocycles. The molecule has 3 rings (SSSR count). The van der Waals surface area contributed by atoms with Crippen molar-refractivity contribution in [2.24, 2.45) is 0 Å². The molecule has 6 heteroatoms. The van der Waals surface area contributed by atoms with Crippen molar-refractivity contribution in [2.75, 3.05) is 18.4 Å². The molecule has 1 fully saturated rings. The van der Waals surface area contributed by atoms with E-state index in [2.05, 4.69) is 29.5 Å². The van der Waals surface area contributed by atoms with E-state index in [1.165, 1.54) is 10.5 Å². The van der Waals surface area contributed by atoms with Crippen LogP contribution in [0, 0.1) is 6.92 Å². The summed E-state index contributed by atoms with van der Waals surface area (Å²) in [5.41, 5.74) is 3.07. The third kappa shape index (κ3) is 5.36. The Bertz CT molecular complexity index is 704. The molecular weight excluding hydrogens is 334 g/mol. The number of morpholine rings is 1. The SMILES string of the molecule is Cc1ccc(NC(=O)Cc2nc(C[NH+]3C[C@@H](C)O[C@@H](C)C3)cs2)cc1. The van der Waals surface area contributed by atoms with Crippen LogP contribution in [0.25, 0.3) is 0 Å². The number of aryl methyl sites for hydroxylation is 1. The quantitative estimate of drug-likeness (QED) is 0.855. The maximum atomic E-state index is 12.2. The molecule has 0 bridgehead atoms. The zero-order valence-corrected chi connectivity index (χ0v) is 15.9. The van der Waals surface area contributed by atoms with Gasteiger partial charge in [0, 0.05) is 11.1 Å². The minimum absolute atomic E-state index is 0.0225. The summed E-state index contributed by atoms with van der Waals surface area (Å²) in [6, 6.07) is 7.82. The van der Waals surface area contributed by atoms with Gasteiger partial charge in [0.15, 0.2) is 0 Å². The van der Waals surface area contributed by atoms with Crippen LogP contribution in [0.15, 0.2) is 29.6 Å². The smallest absolute Gasteiger partial charge is 0.231 e. The van der Waals surface area contributed by atoms with E-state index in [-0.39, 0.29) is 18.1 Å². The number of anilines is 1. The molecule has 0 spiro atoms. The number of nitrogens with zero attached hydrogens (tertiary/aromatic N) is 1. The van der Waals surface area contributed by atoms with Crippen molar-refractivity contribution in [3.05, 3.63) is 45.9 Å². The van der Waals surface area contributed by atoms with Crippen LogP contribution < -0.4 is 10.2 Å². The van der Waals surface area contributed by atoms with Crippen LogP contribution in [0.3, 0.4) is 0 Å². The summed E-state index contributed by atoms with van der Waals surface area (Å²) in [5.74, 6) is -0.0225. The van der Waals surface area contributed by atoms with Gasteiger partial charge in [0.2, 0.25) is 5.91 Å². The van der Waals surface area contributed by atoms with E-state index in [0.29, 0.717) is 6.42 Å². The highest BCUT2D eigenvalue weighted by Crippen LogP contribution is 2.13. The number of amides is 1. The molecule has 1 unspecified atom stereocenters. The first-order chi connectivity index (χ1) is 12.0. The van der Waals surface area contributed by atoms with Gasteiger partial charge in [0.1, 0.15) is 42.5 Å². The first kappa shape index (κ1) is 18.0. The summed E-state index contributed by atoms with van der Waals surface area (Å²) >= 11 is 1.56. The highest BCUT2D eigenvalue weighted by Gasteiger charge is 2.26. The lowest BCUT2D eigenvalue weighted by molar-refractivity contribution is -0.928. The highest BCUT2D eigenvalue weighted by molar-refractivity contribution is 7.09. The number of carbonyl (C=O) groups is 1. The van der Waals surface area contributed by atoms with E-state index in [0.717, 1.165) is 36.0 Å². The summed E-state index contributed by atoms with van der Waals surface area (Å²) in [4.78, 5) is 18.3. The Morgan fingerprint density at radius 3 is 2.64 bits per heavy atom. The lowest BCUT2D eigenvalue weighted by atomic mass is 10.2.